The third-order valence-corrected chi connectivity index (χ3v) is 3.39. The Balaban J connectivity index is 0.000000517. The van der Waals surface area contributed by atoms with Crippen LogP contribution in [0, 0.1) is 20.2 Å². The summed E-state index contributed by atoms with van der Waals surface area (Å²) >= 11 is 0. The van der Waals surface area contributed by atoms with Crippen molar-refractivity contribution in [1.29, 1.82) is 0 Å². The molecule has 0 fully saturated rings. The van der Waals surface area contributed by atoms with Crippen LogP contribution >= 0.6 is 0 Å². The first-order valence-electron chi connectivity index (χ1n) is 8.66. The molecule has 2 aromatic rings. The Labute approximate surface area is 186 Å². The van der Waals surface area contributed by atoms with Crippen molar-refractivity contribution in [3.8, 4) is 23.0 Å². The number of hydrogen-bond acceptors (Lipinski definition) is 10. The summed E-state index contributed by atoms with van der Waals surface area (Å²) in [4.78, 5) is 19.8. The number of hydrogen-bond donors (Lipinski definition) is 8. The highest BCUT2D eigenvalue weighted by Gasteiger charge is 2.02. The van der Waals surface area contributed by atoms with Gasteiger partial charge < -0.3 is 20.4 Å². The van der Waals surface area contributed by atoms with E-state index in [2.05, 4.69) is 0 Å². The Morgan fingerprint density at radius 2 is 1.00 bits per heavy atom. The van der Waals surface area contributed by atoms with Gasteiger partial charge >= 0.3 is 10.4 Å². The summed E-state index contributed by atoms with van der Waals surface area (Å²) in [7, 11) is -4.67. The van der Waals surface area contributed by atoms with E-state index in [4.69, 9.17) is 37.9 Å². The van der Waals surface area contributed by atoms with Gasteiger partial charge in [0.25, 0.3) is 0 Å². The molecule has 8 N–H and O–H groups in total. The molecule has 0 saturated heterocycles. The molecule has 0 radical (unpaired) electrons. The smallest absolute Gasteiger partial charge is 0.394 e. The van der Waals surface area contributed by atoms with Crippen molar-refractivity contribution in [1.82, 2.24) is 10.9 Å². The van der Waals surface area contributed by atoms with Crippen molar-refractivity contribution in [3.05, 3.63) is 67.8 Å². The van der Waals surface area contributed by atoms with E-state index in [1.165, 1.54) is 24.3 Å². The standard InChI is InChI=1S/2C8H10N2O4.H2O4S/c2*11-7-2-1-6(5-8(7)12)3-4-9-10(13)14;1-5(2,3)4/h2*1-2,5,9,11-12H,3-4H2;(H2,1,2,3,4). The maximum Gasteiger partial charge on any atom is 0.394 e. The van der Waals surface area contributed by atoms with E-state index in [1.807, 2.05) is 10.9 Å². The summed E-state index contributed by atoms with van der Waals surface area (Å²) in [6.07, 6.45) is 0.823. The Bertz CT molecular complexity index is 957. The third kappa shape index (κ3) is 16.3. The lowest BCUT2D eigenvalue weighted by Crippen LogP contribution is -2.23. The maximum atomic E-state index is 9.92. The number of nitro groups is 2. The van der Waals surface area contributed by atoms with E-state index in [9.17, 15) is 20.2 Å². The topological polar surface area (TPSA) is 266 Å². The SMILES string of the molecule is O=S(=O)(O)O.O=[N+]([O-])NCCc1ccc(O)c(O)c1.O=[N+]([O-])NCCc1ccc(O)c(O)c1. The van der Waals surface area contributed by atoms with Gasteiger partial charge in [0.15, 0.2) is 33.1 Å². The highest BCUT2D eigenvalue weighted by atomic mass is 32.3. The monoisotopic (exact) mass is 494 g/mol. The molecule has 0 aliphatic rings. The van der Waals surface area contributed by atoms with Crippen molar-refractivity contribution < 1.29 is 48.0 Å². The van der Waals surface area contributed by atoms with Gasteiger partial charge in [-0.15, -0.1) is 10.9 Å². The van der Waals surface area contributed by atoms with E-state index >= 15 is 0 Å². The summed E-state index contributed by atoms with van der Waals surface area (Å²) in [5.41, 5.74) is 5.45. The average molecular weight is 494 g/mol. The van der Waals surface area contributed by atoms with Crippen LogP contribution in [-0.2, 0) is 23.2 Å². The van der Waals surface area contributed by atoms with E-state index in [0.29, 0.717) is 12.8 Å². The minimum absolute atomic E-state index is 0.178. The molecular formula is C16H22N4O12S. The van der Waals surface area contributed by atoms with Crippen LogP contribution in [0.1, 0.15) is 11.1 Å². The zero-order valence-electron chi connectivity index (χ0n) is 16.7. The van der Waals surface area contributed by atoms with Gasteiger partial charge in [0.1, 0.15) is 0 Å². The Hall–Kier alpha value is -4.09. The lowest BCUT2D eigenvalue weighted by atomic mass is 10.1. The Kier molecular flexibility index (Phi) is 12.3. The van der Waals surface area contributed by atoms with E-state index in [-0.39, 0.29) is 36.1 Å². The minimum Gasteiger partial charge on any atom is -0.504 e. The van der Waals surface area contributed by atoms with Crippen molar-refractivity contribution in [2.24, 2.45) is 0 Å². The number of nitrogens with one attached hydrogen (secondary N) is 2. The molecule has 33 heavy (non-hydrogen) atoms. The predicted molar refractivity (Wildman–Crippen MR) is 111 cm³/mol. The van der Waals surface area contributed by atoms with Crippen molar-refractivity contribution in [2.75, 3.05) is 13.1 Å². The molecular weight excluding hydrogens is 472 g/mol. The van der Waals surface area contributed by atoms with Crippen molar-refractivity contribution in [3.63, 3.8) is 0 Å². The van der Waals surface area contributed by atoms with Crippen molar-refractivity contribution >= 4 is 10.4 Å². The first kappa shape index (κ1) is 28.9. The quantitative estimate of drug-likeness (QED) is 0.105. The first-order chi connectivity index (χ1) is 15.2. The van der Waals surface area contributed by atoms with Gasteiger partial charge in [-0.3, -0.25) is 9.11 Å². The molecule has 17 heteroatoms. The second-order valence-electron chi connectivity index (χ2n) is 5.92. The minimum atomic E-state index is -4.67. The van der Waals surface area contributed by atoms with Crippen LogP contribution in [0.3, 0.4) is 0 Å². The zero-order chi connectivity index (χ0) is 25.6. The summed E-state index contributed by atoms with van der Waals surface area (Å²) in [6.45, 7) is 0.356. The summed E-state index contributed by atoms with van der Waals surface area (Å²) < 4.78 is 31.6. The van der Waals surface area contributed by atoms with Crippen LogP contribution in [0.4, 0.5) is 0 Å². The normalized spacial score (nSPS) is 10.0. The average Bonchev–Trinajstić information content (AvgIpc) is 2.66. The molecule has 0 aliphatic carbocycles. The molecule has 0 amide bonds. The second kappa shape index (κ2) is 14.1. The van der Waals surface area contributed by atoms with Crippen molar-refractivity contribution in [2.45, 2.75) is 12.8 Å². The molecule has 2 aromatic carbocycles. The summed E-state index contributed by atoms with van der Waals surface area (Å²) in [6, 6.07) is 8.62. The highest BCUT2D eigenvalue weighted by Crippen LogP contribution is 2.25. The number of benzene rings is 2. The molecule has 0 saturated carbocycles. The largest absolute Gasteiger partial charge is 0.504 e. The lowest BCUT2D eigenvalue weighted by molar-refractivity contribution is -0.544. The van der Waals surface area contributed by atoms with Gasteiger partial charge in [0.05, 0.1) is 13.1 Å². The molecule has 2 rings (SSSR count). The molecule has 0 unspecified atom stereocenters. The van der Waals surface area contributed by atoms with Gasteiger partial charge in [-0.05, 0) is 48.2 Å². The number of rotatable bonds is 8. The lowest BCUT2D eigenvalue weighted by Gasteiger charge is -2.01. The first-order valence-corrected chi connectivity index (χ1v) is 10.1. The van der Waals surface area contributed by atoms with Crippen LogP contribution in [0.5, 0.6) is 23.0 Å². The Morgan fingerprint density at radius 3 is 1.24 bits per heavy atom. The number of phenolic OH excluding ortho intramolecular Hbond substituents is 4. The van der Waals surface area contributed by atoms with Gasteiger partial charge in [0.2, 0.25) is 0 Å². The molecule has 16 nitrogen and oxygen atoms in total. The maximum absolute atomic E-state index is 9.92. The Morgan fingerprint density at radius 1 is 0.697 bits per heavy atom. The molecule has 184 valence electrons. The third-order valence-electron chi connectivity index (χ3n) is 3.39. The van der Waals surface area contributed by atoms with E-state index in [1.54, 1.807) is 12.1 Å². The van der Waals surface area contributed by atoms with Crippen LogP contribution in [0.25, 0.3) is 0 Å². The van der Waals surface area contributed by atoms with Crippen LogP contribution < -0.4 is 10.9 Å². The molecule has 0 bridgehead atoms. The molecule has 0 aliphatic heterocycles. The van der Waals surface area contributed by atoms with Crippen LogP contribution in [0.15, 0.2) is 36.4 Å². The highest BCUT2D eigenvalue weighted by molar-refractivity contribution is 7.79. The van der Waals surface area contributed by atoms with Gasteiger partial charge in [-0.1, -0.05) is 12.1 Å². The summed E-state index contributed by atoms with van der Waals surface area (Å²) in [5.74, 6) is -0.834. The van der Waals surface area contributed by atoms with Gasteiger partial charge in [0, 0.05) is 0 Å². The van der Waals surface area contributed by atoms with E-state index in [0.717, 1.165) is 11.1 Å². The fourth-order valence-electron chi connectivity index (χ4n) is 2.03. The molecule has 0 atom stereocenters. The number of hydrazine groups is 2. The van der Waals surface area contributed by atoms with Gasteiger partial charge in [-0.2, -0.15) is 8.42 Å². The molecule has 0 heterocycles. The number of aromatic hydroxyl groups is 4. The predicted octanol–water partition coefficient (Wildman–Crippen LogP) is 0.190. The molecule has 0 aromatic heterocycles. The second-order valence-corrected chi connectivity index (χ2v) is 6.82. The van der Waals surface area contributed by atoms with Crippen LogP contribution in [-0.4, -0.2) is 61.1 Å². The molecule has 0 spiro atoms. The zero-order valence-corrected chi connectivity index (χ0v) is 17.5. The van der Waals surface area contributed by atoms with Crippen LogP contribution in [0.2, 0.25) is 0 Å². The number of nitrogens with zero attached hydrogens (tertiary/aromatic N) is 2. The fraction of sp³-hybridized carbons (Fsp3) is 0.250. The van der Waals surface area contributed by atoms with E-state index < -0.39 is 20.5 Å². The fourth-order valence-corrected chi connectivity index (χ4v) is 2.03. The summed E-state index contributed by atoms with van der Waals surface area (Å²) in [5, 5.41) is 54.8. The van der Waals surface area contributed by atoms with Gasteiger partial charge in [-0.25, -0.2) is 20.2 Å². The number of phenols is 4.